The van der Waals surface area contributed by atoms with Gasteiger partial charge in [-0.1, -0.05) is 17.8 Å². The van der Waals surface area contributed by atoms with Gasteiger partial charge in [0.2, 0.25) is 5.78 Å². The van der Waals surface area contributed by atoms with Crippen LogP contribution >= 0.6 is 0 Å². The topological polar surface area (TPSA) is 28.7 Å². The molecule has 5 nitrogen and oxygen atoms in total. The van der Waals surface area contributed by atoms with Crippen LogP contribution in [0.15, 0.2) is 97.6 Å². The maximum absolute atomic E-state index is 4.44. The number of nitrogens with zero attached hydrogens (tertiary/aromatic N) is 5. The molecular weight excluding hydrogens is 565 g/mol. The van der Waals surface area contributed by atoms with Gasteiger partial charge in [-0.25, -0.2) is 4.98 Å². The van der Waals surface area contributed by atoms with Crippen molar-refractivity contribution in [2.45, 2.75) is 0 Å². The summed E-state index contributed by atoms with van der Waals surface area (Å²) in [5.74, 6) is 0.915. The maximum atomic E-state index is 4.44. The second kappa shape index (κ2) is 9.23. The molecule has 158 valence electrons. The van der Waals surface area contributed by atoms with Crippen molar-refractivity contribution in [2.24, 2.45) is 0 Å². The molecule has 3 heterocycles. The predicted molar refractivity (Wildman–Crippen MR) is 120 cm³/mol. The van der Waals surface area contributed by atoms with Gasteiger partial charge in [0.25, 0.3) is 0 Å². The van der Waals surface area contributed by atoms with Gasteiger partial charge >= 0.3 is 0 Å². The Labute approximate surface area is 196 Å². The van der Waals surface area contributed by atoms with Crippen LogP contribution in [0.3, 0.4) is 0 Å². The summed E-state index contributed by atoms with van der Waals surface area (Å²) in [7, 11) is 2.00. The third kappa shape index (κ3) is 4.14. The number of imidazole rings is 2. The van der Waals surface area contributed by atoms with E-state index in [0.29, 0.717) is 0 Å². The Balaban J connectivity index is 0.000000156. The van der Waals surface area contributed by atoms with Crippen molar-refractivity contribution in [1.82, 2.24) is 18.9 Å². The van der Waals surface area contributed by atoms with Crippen molar-refractivity contribution < 1.29 is 21.1 Å². The molecule has 0 saturated heterocycles. The Morgan fingerprint density at radius 2 is 1.48 bits per heavy atom. The minimum absolute atomic E-state index is 0. The number of para-hydroxylation sites is 4. The first kappa shape index (κ1) is 21.0. The number of anilines is 1. The van der Waals surface area contributed by atoms with Gasteiger partial charge in [-0.05, 0) is 31.6 Å². The molecule has 1 aliphatic rings. The first-order valence-corrected chi connectivity index (χ1v) is 9.71. The van der Waals surface area contributed by atoms with Gasteiger partial charge in [-0.3, -0.25) is 4.40 Å². The molecule has 6 rings (SSSR count). The van der Waals surface area contributed by atoms with Crippen LogP contribution in [0.25, 0.3) is 22.5 Å². The number of hydrogen-bond donors (Lipinski definition) is 0. The van der Waals surface area contributed by atoms with E-state index < -0.39 is 0 Å². The Kier molecular flexibility index (Phi) is 6.24. The van der Waals surface area contributed by atoms with Gasteiger partial charge in [0.15, 0.2) is 0 Å². The summed E-state index contributed by atoms with van der Waals surface area (Å²) in [4.78, 5) is 8.47. The zero-order valence-corrected chi connectivity index (χ0v) is 19.1. The van der Waals surface area contributed by atoms with Crippen LogP contribution in [0.2, 0.25) is 0 Å². The molecule has 0 bridgehead atoms. The van der Waals surface area contributed by atoms with E-state index in [4.69, 9.17) is 0 Å². The maximum Gasteiger partial charge on any atom is 0.217 e. The quantitative estimate of drug-likeness (QED) is 0.276. The van der Waals surface area contributed by atoms with E-state index in [0.717, 1.165) is 28.2 Å². The van der Waals surface area contributed by atoms with Crippen molar-refractivity contribution in [3.63, 3.8) is 0 Å². The van der Waals surface area contributed by atoms with E-state index in [1.54, 1.807) is 0 Å². The predicted octanol–water partition coefficient (Wildman–Crippen LogP) is 4.90. The second-order valence-corrected chi connectivity index (χ2v) is 6.90. The third-order valence-electron chi connectivity index (χ3n) is 4.88. The van der Waals surface area contributed by atoms with Crippen LogP contribution < -0.4 is 4.90 Å². The van der Waals surface area contributed by atoms with Crippen molar-refractivity contribution >= 4 is 22.5 Å². The molecule has 0 atom stereocenters. The smallest absolute Gasteiger partial charge is 0.217 e. The van der Waals surface area contributed by atoms with Crippen LogP contribution in [0.5, 0.6) is 0 Å². The molecule has 0 radical (unpaired) electrons. The fourth-order valence-electron chi connectivity index (χ4n) is 3.51. The molecule has 0 amide bonds. The molecule has 1 aliphatic heterocycles. The second-order valence-electron chi connectivity index (χ2n) is 6.90. The number of rotatable bonds is 2. The fourth-order valence-corrected chi connectivity index (χ4v) is 3.51. The summed E-state index contributed by atoms with van der Waals surface area (Å²) in [6.45, 7) is 2.01. The summed E-state index contributed by atoms with van der Waals surface area (Å²) in [5.41, 5.74) is 4.37. The largest absolute Gasteiger partial charge is 0.510 e. The summed E-state index contributed by atoms with van der Waals surface area (Å²) in [6.07, 6.45) is 7.81. The monoisotopic (exact) mass is 585 g/mol. The van der Waals surface area contributed by atoms with Crippen molar-refractivity contribution in [3.8, 4) is 5.69 Å². The Morgan fingerprint density at radius 1 is 0.806 bits per heavy atom. The molecule has 6 heteroatoms. The van der Waals surface area contributed by atoms with Gasteiger partial charge in [0.1, 0.15) is 0 Å². The van der Waals surface area contributed by atoms with Crippen LogP contribution in [-0.2, 0) is 21.1 Å². The molecule has 5 aromatic rings. The van der Waals surface area contributed by atoms with E-state index in [-0.39, 0.29) is 21.1 Å². The molecule has 3 aromatic carbocycles. The number of benzene rings is 3. The van der Waals surface area contributed by atoms with Gasteiger partial charge in [-0.15, -0.1) is 11.8 Å². The van der Waals surface area contributed by atoms with E-state index in [1.165, 1.54) is 0 Å². The van der Waals surface area contributed by atoms with Crippen LogP contribution in [0, 0.1) is 18.8 Å². The van der Waals surface area contributed by atoms with Gasteiger partial charge in [0.05, 0.1) is 11.0 Å². The van der Waals surface area contributed by atoms with E-state index in [2.05, 4.69) is 38.2 Å². The molecule has 0 fully saturated rings. The van der Waals surface area contributed by atoms with Crippen LogP contribution in [0.1, 0.15) is 0 Å². The molecule has 0 unspecified atom stereocenters. The Morgan fingerprint density at radius 3 is 2.13 bits per heavy atom. The number of fused-ring (bicyclic) bond motifs is 3. The van der Waals surface area contributed by atoms with Crippen LogP contribution in [0.4, 0.5) is 5.69 Å². The number of hydrogen-bond acceptors (Lipinski definition) is 3. The average molecular weight is 586 g/mol. The SMILES string of the molecule is CN1C=CN(c2[c-]cccc2)[CH-]1.[Pt].[c-]1ccccc1-n1c2ccccc2n2ccnc12. The van der Waals surface area contributed by atoms with E-state index in [1.807, 2.05) is 109 Å². The fraction of sp³-hybridized carbons (Fsp3) is 0.0400. The molecule has 0 aliphatic carbocycles. The molecule has 0 N–H and O–H groups in total. The Bertz CT molecular complexity index is 1290. The standard InChI is InChI=1S/C15H10N3.C10H10N2.Pt/c1-2-6-12(7-3-1)18-14-9-5-4-8-13(14)17-11-10-16-15(17)18;1-11-7-8-12(9-11)10-5-3-2-4-6-10;/h1-6,8-11H;2-5,7-9H,1H3;/q-1;-2;. The Hall–Kier alpha value is -3.30. The van der Waals surface area contributed by atoms with Crippen molar-refractivity contribution in [3.05, 3.63) is 116 Å². The zero-order valence-electron chi connectivity index (χ0n) is 16.9. The first-order valence-electron chi connectivity index (χ1n) is 9.71. The first-order chi connectivity index (χ1) is 14.8. The molecule has 0 saturated carbocycles. The van der Waals surface area contributed by atoms with Crippen LogP contribution in [-0.4, -0.2) is 25.9 Å². The minimum atomic E-state index is 0. The molecule has 31 heavy (non-hydrogen) atoms. The van der Waals surface area contributed by atoms with Gasteiger partial charge < -0.3 is 14.4 Å². The summed E-state index contributed by atoms with van der Waals surface area (Å²) in [5, 5.41) is 0. The van der Waals surface area contributed by atoms with Gasteiger partial charge in [-0.2, -0.15) is 61.3 Å². The molecular formula is C25H20N5Pt-3. The minimum Gasteiger partial charge on any atom is -0.510 e. The van der Waals surface area contributed by atoms with E-state index >= 15 is 0 Å². The van der Waals surface area contributed by atoms with E-state index in [9.17, 15) is 0 Å². The zero-order chi connectivity index (χ0) is 20.3. The van der Waals surface area contributed by atoms with Crippen molar-refractivity contribution in [1.29, 1.82) is 0 Å². The normalized spacial score (nSPS) is 12.7. The summed E-state index contributed by atoms with van der Waals surface area (Å²) >= 11 is 0. The van der Waals surface area contributed by atoms with Gasteiger partial charge in [0, 0.05) is 33.5 Å². The summed E-state index contributed by atoms with van der Waals surface area (Å²) in [6, 6.07) is 30.5. The summed E-state index contributed by atoms with van der Waals surface area (Å²) < 4.78 is 4.21. The molecule has 0 spiro atoms. The molecule has 2 aromatic heterocycles. The van der Waals surface area contributed by atoms with Crippen molar-refractivity contribution in [2.75, 3.05) is 11.9 Å². The third-order valence-corrected chi connectivity index (χ3v) is 4.88. The number of aromatic nitrogens is 3. The average Bonchev–Trinajstić information content (AvgIpc) is 3.51.